The summed E-state index contributed by atoms with van der Waals surface area (Å²) in [5.74, 6) is -0.379. The molecule has 3 aliphatic rings. The lowest BCUT2D eigenvalue weighted by molar-refractivity contribution is -0.198. The van der Waals surface area contributed by atoms with Crippen molar-refractivity contribution in [1.29, 1.82) is 0 Å². The third-order valence-corrected chi connectivity index (χ3v) is 6.99. The number of carbonyl (C=O) groups is 1. The summed E-state index contributed by atoms with van der Waals surface area (Å²) in [6, 6.07) is 0. The molecule has 0 aromatic carbocycles. The van der Waals surface area contributed by atoms with Crippen molar-refractivity contribution in [2.24, 2.45) is 23.2 Å². The molecule has 1 saturated carbocycles. The van der Waals surface area contributed by atoms with Crippen LogP contribution in [0.4, 0.5) is 0 Å². The van der Waals surface area contributed by atoms with Gasteiger partial charge in [0, 0.05) is 24.9 Å². The van der Waals surface area contributed by atoms with Gasteiger partial charge < -0.3 is 23.7 Å². The van der Waals surface area contributed by atoms with Crippen LogP contribution in [0.15, 0.2) is 12.2 Å². The maximum Gasteiger partial charge on any atom is 0.172 e. The Morgan fingerprint density at radius 1 is 1.17 bits per heavy atom. The summed E-state index contributed by atoms with van der Waals surface area (Å²) in [7, 11) is 0. The zero-order valence-electron chi connectivity index (χ0n) is 18.7. The van der Waals surface area contributed by atoms with E-state index in [1.807, 2.05) is 6.92 Å². The second kappa shape index (κ2) is 10.0. The Kier molecular flexibility index (Phi) is 7.94. The van der Waals surface area contributed by atoms with Crippen LogP contribution >= 0.6 is 0 Å². The molecule has 5 heteroatoms. The molecule has 0 N–H and O–H groups in total. The van der Waals surface area contributed by atoms with Gasteiger partial charge >= 0.3 is 0 Å². The first-order valence-corrected chi connectivity index (χ1v) is 11.6. The molecule has 5 atom stereocenters. The van der Waals surface area contributed by atoms with E-state index in [9.17, 15) is 4.79 Å². The highest BCUT2D eigenvalue weighted by Gasteiger charge is 2.54. The molecule has 29 heavy (non-hydrogen) atoms. The van der Waals surface area contributed by atoms with Gasteiger partial charge in [-0.3, -0.25) is 0 Å². The van der Waals surface area contributed by atoms with Gasteiger partial charge in [0.25, 0.3) is 0 Å². The molecular formula is C24H40O5. The van der Waals surface area contributed by atoms with E-state index in [0.29, 0.717) is 13.2 Å². The Morgan fingerprint density at radius 2 is 1.93 bits per heavy atom. The molecule has 166 valence electrons. The van der Waals surface area contributed by atoms with Crippen molar-refractivity contribution in [2.45, 2.75) is 90.8 Å². The van der Waals surface area contributed by atoms with E-state index >= 15 is 0 Å². The summed E-state index contributed by atoms with van der Waals surface area (Å²) in [6.45, 7) is 10.8. The third-order valence-electron chi connectivity index (χ3n) is 6.99. The van der Waals surface area contributed by atoms with Crippen LogP contribution in [0, 0.1) is 23.2 Å². The van der Waals surface area contributed by atoms with Crippen LogP contribution in [0.2, 0.25) is 0 Å². The van der Waals surface area contributed by atoms with Gasteiger partial charge in [-0.2, -0.15) is 0 Å². The van der Waals surface area contributed by atoms with Gasteiger partial charge in [0.15, 0.2) is 12.1 Å². The second-order valence-corrected chi connectivity index (χ2v) is 9.71. The monoisotopic (exact) mass is 408 g/mol. The van der Waals surface area contributed by atoms with Crippen LogP contribution < -0.4 is 0 Å². The number of rotatable bonds is 9. The highest BCUT2D eigenvalue weighted by molar-refractivity contribution is 5.54. The average Bonchev–Trinajstić information content (AvgIpc) is 3.32. The number of ether oxygens (including phenoxy) is 4. The highest BCUT2D eigenvalue weighted by atomic mass is 16.7. The Labute approximate surface area is 176 Å². The second-order valence-electron chi connectivity index (χ2n) is 9.71. The third kappa shape index (κ3) is 5.30. The van der Waals surface area contributed by atoms with Crippen molar-refractivity contribution in [3.8, 4) is 0 Å². The Hall–Kier alpha value is -0.750. The molecule has 0 radical (unpaired) electrons. The first kappa shape index (κ1) is 22.9. The molecule has 3 rings (SSSR count). The van der Waals surface area contributed by atoms with Gasteiger partial charge in [-0.15, -0.1) is 0 Å². The first-order valence-electron chi connectivity index (χ1n) is 11.6. The van der Waals surface area contributed by atoms with E-state index in [0.717, 1.165) is 57.8 Å². The topological polar surface area (TPSA) is 54.0 Å². The lowest BCUT2D eigenvalue weighted by atomic mass is 9.79. The fourth-order valence-corrected chi connectivity index (χ4v) is 5.44. The van der Waals surface area contributed by atoms with Crippen molar-refractivity contribution < 1.29 is 23.7 Å². The lowest BCUT2D eigenvalue weighted by Crippen LogP contribution is -2.41. The molecule has 0 amide bonds. The van der Waals surface area contributed by atoms with E-state index in [-0.39, 0.29) is 35.6 Å². The number of hydrogen-bond acceptors (Lipinski definition) is 5. The molecule has 5 unspecified atom stereocenters. The number of hydrogen-bond donors (Lipinski definition) is 0. The predicted octanol–water partition coefficient (Wildman–Crippen LogP) is 4.89. The Balaban J connectivity index is 1.76. The minimum absolute atomic E-state index is 0.0142. The number of allylic oxidation sites excluding steroid dienone is 1. The average molecular weight is 409 g/mol. The molecule has 1 spiro atoms. The normalized spacial score (nSPS) is 32.1. The Morgan fingerprint density at radius 3 is 2.55 bits per heavy atom. The molecule has 2 saturated heterocycles. The molecule has 2 heterocycles. The van der Waals surface area contributed by atoms with Crippen LogP contribution in [-0.4, -0.2) is 44.3 Å². The number of carbonyl (C=O) groups excluding carboxylic acids is 1. The van der Waals surface area contributed by atoms with E-state index in [1.165, 1.54) is 0 Å². The minimum atomic E-state index is -0.586. The first-order chi connectivity index (χ1) is 13.9. The van der Waals surface area contributed by atoms with Crippen molar-refractivity contribution in [2.75, 3.05) is 19.8 Å². The Bertz CT molecular complexity index is 545. The summed E-state index contributed by atoms with van der Waals surface area (Å²) in [5.41, 5.74) is 0.0223. The molecule has 0 bridgehead atoms. The zero-order valence-corrected chi connectivity index (χ0v) is 18.7. The van der Waals surface area contributed by atoms with Crippen LogP contribution in [-0.2, 0) is 23.7 Å². The van der Waals surface area contributed by atoms with Crippen LogP contribution in [0.5, 0.6) is 0 Å². The van der Waals surface area contributed by atoms with Crippen LogP contribution in [0.25, 0.3) is 0 Å². The summed E-state index contributed by atoms with van der Waals surface area (Å²) in [4.78, 5) is 11.6. The smallest absolute Gasteiger partial charge is 0.172 e. The standard InChI is InChI=1S/C24H40O5/c1-5-12-23(3,4)20(29-21-8-6-7-14-26-21)10-9-19-11-13-24(27-15-16-28-24)22(19)18(2)17-25/h9-10,17-22H,5-8,11-16H2,1-4H3/b10-9+. The van der Waals surface area contributed by atoms with Crippen LogP contribution in [0.3, 0.4) is 0 Å². The molecule has 3 fully saturated rings. The maximum atomic E-state index is 11.6. The van der Waals surface area contributed by atoms with Crippen molar-refractivity contribution in [1.82, 2.24) is 0 Å². The molecule has 1 aliphatic carbocycles. The molecule has 2 aliphatic heterocycles. The van der Waals surface area contributed by atoms with Gasteiger partial charge in [-0.05, 0) is 43.4 Å². The van der Waals surface area contributed by atoms with Crippen molar-refractivity contribution in [3.63, 3.8) is 0 Å². The minimum Gasteiger partial charge on any atom is -0.353 e. The summed E-state index contributed by atoms with van der Waals surface area (Å²) >= 11 is 0. The van der Waals surface area contributed by atoms with Gasteiger partial charge in [0.2, 0.25) is 0 Å². The van der Waals surface area contributed by atoms with Crippen molar-refractivity contribution in [3.05, 3.63) is 12.2 Å². The fraction of sp³-hybridized carbons (Fsp3) is 0.875. The quantitative estimate of drug-likeness (QED) is 0.402. The van der Waals surface area contributed by atoms with E-state index in [2.05, 4.69) is 32.9 Å². The molecule has 0 aromatic heterocycles. The summed E-state index contributed by atoms with van der Waals surface area (Å²) in [5, 5.41) is 0. The molecule has 0 aromatic rings. The lowest BCUT2D eigenvalue weighted by Gasteiger charge is -2.37. The largest absolute Gasteiger partial charge is 0.353 e. The SMILES string of the molecule is CCCC(C)(C)C(/C=C/C1CCC2(OCCO2)C1C(C)C=O)OC1CCCCO1. The van der Waals surface area contributed by atoms with Gasteiger partial charge in [-0.1, -0.05) is 46.3 Å². The number of aldehydes is 1. The molecule has 5 nitrogen and oxygen atoms in total. The predicted molar refractivity (Wildman–Crippen MR) is 112 cm³/mol. The van der Waals surface area contributed by atoms with Gasteiger partial charge in [0.1, 0.15) is 6.29 Å². The zero-order chi connectivity index (χ0) is 20.9. The summed E-state index contributed by atoms with van der Waals surface area (Å²) < 4.78 is 24.4. The maximum absolute atomic E-state index is 11.6. The van der Waals surface area contributed by atoms with E-state index < -0.39 is 5.79 Å². The van der Waals surface area contributed by atoms with Gasteiger partial charge in [-0.25, -0.2) is 0 Å². The fourth-order valence-electron chi connectivity index (χ4n) is 5.44. The summed E-state index contributed by atoms with van der Waals surface area (Å²) in [6.07, 6.45) is 12.7. The van der Waals surface area contributed by atoms with Gasteiger partial charge in [0.05, 0.1) is 19.3 Å². The van der Waals surface area contributed by atoms with Crippen LogP contribution in [0.1, 0.15) is 72.6 Å². The van der Waals surface area contributed by atoms with Crippen molar-refractivity contribution >= 4 is 6.29 Å². The molecular weight excluding hydrogens is 368 g/mol. The van der Waals surface area contributed by atoms with E-state index in [1.54, 1.807) is 0 Å². The van der Waals surface area contributed by atoms with E-state index in [4.69, 9.17) is 18.9 Å². The highest BCUT2D eigenvalue weighted by Crippen LogP contribution is 2.49.